The molecule has 0 aliphatic carbocycles. The number of rotatable bonds is 5. The summed E-state index contributed by atoms with van der Waals surface area (Å²) in [4.78, 5) is 2.43. The maximum atomic E-state index is 6.34. The summed E-state index contributed by atoms with van der Waals surface area (Å²) in [5.41, 5.74) is 7.41. The van der Waals surface area contributed by atoms with E-state index >= 15 is 0 Å². The molecule has 1 aliphatic heterocycles. The molecule has 1 aromatic rings. The lowest BCUT2D eigenvalue weighted by molar-refractivity contribution is -0.0419. The third-order valence-electron chi connectivity index (χ3n) is 3.51. The highest BCUT2D eigenvalue weighted by atomic mass is 16.5. The van der Waals surface area contributed by atoms with Gasteiger partial charge < -0.3 is 10.5 Å². The summed E-state index contributed by atoms with van der Waals surface area (Å²) >= 11 is 0. The van der Waals surface area contributed by atoms with Gasteiger partial charge in [-0.05, 0) is 26.0 Å². The first-order valence-electron chi connectivity index (χ1n) is 6.87. The largest absolute Gasteiger partial charge is 0.374 e. The van der Waals surface area contributed by atoms with Crippen LogP contribution in [0.4, 0.5) is 0 Å². The number of hydrogen-bond donors (Lipinski definition) is 1. The van der Waals surface area contributed by atoms with Gasteiger partial charge in [0.1, 0.15) is 0 Å². The Bertz CT molecular complexity index is 364. The van der Waals surface area contributed by atoms with Gasteiger partial charge in [-0.25, -0.2) is 0 Å². The Balaban J connectivity index is 2.02. The van der Waals surface area contributed by atoms with E-state index in [1.54, 1.807) is 0 Å². The first-order chi connectivity index (χ1) is 8.76. The molecule has 1 aromatic heterocycles. The third kappa shape index (κ3) is 2.91. The van der Waals surface area contributed by atoms with Crippen LogP contribution in [0.2, 0.25) is 0 Å². The summed E-state index contributed by atoms with van der Waals surface area (Å²) in [6.45, 7) is 8.97. The zero-order valence-corrected chi connectivity index (χ0v) is 11.4. The van der Waals surface area contributed by atoms with E-state index in [4.69, 9.17) is 10.5 Å². The van der Waals surface area contributed by atoms with Gasteiger partial charge in [0.25, 0.3) is 0 Å². The number of nitrogens with two attached hydrogens (primary N) is 1. The van der Waals surface area contributed by atoms with Gasteiger partial charge in [0.15, 0.2) is 0 Å². The lowest BCUT2D eigenvalue weighted by atomic mass is 10.1. The summed E-state index contributed by atoms with van der Waals surface area (Å²) in [6, 6.07) is 1.91. The highest BCUT2D eigenvalue weighted by Gasteiger charge is 2.28. The molecule has 0 spiro atoms. The molecule has 0 bridgehead atoms. The van der Waals surface area contributed by atoms with E-state index in [0.29, 0.717) is 0 Å². The number of aryl methyl sites for hydroxylation is 1. The Morgan fingerprint density at radius 2 is 2.39 bits per heavy atom. The second-order valence-electron chi connectivity index (χ2n) is 4.81. The van der Waals surface area contributed by atoms with Crippen LogP contribution in [-0.2, 0) is 11.3 Å². The van der Waals surface area contributed by atoms with E-state index in [0.717, 1.165) is 38.5 Å². The molecule has 0 aromatic carbocycles. The van der Waals surface area contributed by atoms with Gasteiger partial charge >= 0.3 is 0 Å². The van der Waals surface area contributed by atoms with Crippen molar-refractivity contribution in [3.8, 4) is 0 Å². The fourth-order valence-electron chi connectivity index (χ4n) is 2.55. The van der Waals surface area contributed by atoms with Crippen molar-refractivity contribution in [2.75, 3.05) is 26.2 Å². The number of morpholine rings is 1. The third-order valence-corrected chi connectivity index (χ3v) is 3.51. The zero-order valence-electron chi connectivity index (χ0n) is 11.4. The van der Waals surface area contributed by atoms with Crippen molar-refractivity contribution < 1.29 is 4.74 Å². The summed E-state index contributed by atoms with van der Waals surface area (Å²) in [7, 11) is 0. The predicted octanol–water partition coefficient (Wildman–Crippen LogP) is 1.01. The van der Waals surface area contributed by atoms with Crippen molar-refractivity contribution in [1.29, 1.82) is 0 Å². The van der Waals surface area contributed by atoms with E-state index in [-0.39, 0.29) is 12.1 Å². The Labute approximate surface area is 109 Å². The summed E-state index contributed by atoms with van der Waals surface area (Å²) < 4.78 is 7.78. The van der Waals surface area contributed by atoms with Crippen LogP contribution < -0.4 is 5.73 Å². The minimum Gasteiger partial charge on any atom is -0.374 e. The van der Waals surface area contributed by atoms with E-state index in [2.05, 4.69) is 23.8 Å². The number of nitrogens with zero attached hydrogens (tertiary/aromatic N) is 3. The first-order valence-corrected chi connectivity index (χ1v) is 6.87. The maximum absolute atomic E-state index is 6.34. The van der Waals surface area contributed by atoms with Crippen molar-refractivity contribution in [2.24, 2.45) is 5.73 Å². The topological polar surface area (TPSA) is 56.3 Å². The van der Waals surface area contributed by atoms with Crippen LogP contribution in [0.25, 0.3) is 0 Å². The Hall–Kier alpha value is -0.910. The van der Waals surface area contributed by atoms with E-state index in [9.17, 15) is 0 Å². The minimum absolute atomic E-state index is 0.0762. The average molecular weight is 252 g/mol. The molecule has 5 heteroatoms. The monoisotopic (exact) mass is 252 g/mol. The normalized spacial score (nSPS) is 23.2. The molecule has 2 atom stereocenters. The molecule has 1 aliphatic rings. The predicted molar refractivity (Wildman–Crippen MR) is 71.3 cm³/mol. The van der Waals surface area contributed by atoms with Crippen LogP contribution in [0.3, 0.4) is 0 Å². The van der Waals surface area contributed by atoms with Crippen molar-refractivity contribution in [2.45, 2.75) is 39.0 Å². The fourth-order valence-corrected chi connectivity index (χ4v) is 2.55. The van der Waals surface area contributed by atoms with Gasteiger partial charge in [-0.3, -0.25) is 9.58 Å². The molecule has 0 saturated carbocycles. The van der Waals surface area contributed by atoms with Crippen molar-refractivity contribution in [3.05, 3.63) is 18.0 Å². The van der Waals surface area contributed by atoms with E-state index in [1.807, 2.05) is 16.9 Å². The van der Waals surface area contributed by atoms with Crippen LogP contribution in [0, 0.1) is 0 Å². The van der Waals surface area contributed by atoms with Gasteiger partial charge in [-0.15, -0.1) is 0 Å². The van der Waals surface area contributed by atoms with Gasteiger partial charge in [0.05, 0.1) is 24.4 Å². The summed E-state index contributed by atoms with van der Waals surface area (Å²) in [6.07, 6.45) is 3.06. The highest BCUT2D eigenvalue weighted by Crippen LogP contribution is 2.20. The molecule has 18 heavy (non-hydrogen) atoms. The lowest BCUT2D eigenvalue weighted by Gasteiger charge is -2.35. The van der Waals surface area contributed by atoms with Crippen LogP contribution in [0.15, 0.2) is 12.3 Å². The van der Waals surface area contributed by atoms with Crippen LogP contribution in [-0.4, -0.2) is 47.0 Å². The lowest BCUT2D eigenvalue weighted by Crippen LogP contribution is -2.47. The zero-order chi connectivity index (χ0) is 13.0. The van der Waals surface area contributed by atoms with Gasteiger partial charge in [-0.2, -0.15) is 5.10 Å². The van der Waals surface area contributed by atoms with Crippen LogP contribution >= 0.6 is 0 Å². The van der Waals surface area contributed by atoms with E-state index in [1.165, 1.54) is 6.42 Å². The standard InChI is InChI=1S/C13H24N4O/c1-3-7-16-8-9-18-12(10-16)13(14)11-5-6-15-17(11)4-2/h5-6,12-13H,3-4,7-10,14H2,1-2H3. The smallest absolute Gasteiger partial charge is 0.0910 e. The SMILES string of the molecule is CCCN1CCOC(C(N)c2ccnn2CC)C1. The van der Waals surface area contributed by atoms with Crippen LogP contribution in [0.1, 0.15) is 32.0 Å². The van der Waals surface area contributed by atoms with E-state index < -0.39 is 0 Å². The Morgan fingerprint density at radius 3 is 3.11 bits per heavy atom. The quantitative estimate of drug-likeness (QED) is 0.850. The van der Waals surface area contributed by atoms with Crippen LogP contribution in [0.5, 0.6) is 0 Å². The minimum atomic E-state index is -0.0906. The fraction of sp³-hybridized carbons (Fsp3) is 0.769. The molecular weight excluding hydrogens is 228 g/mol. The Morgan fingerprint density at radius 1 is 1.56 bits per heavy atom. The average Bonchev–Trinajstić information content (AvgIpc) is 2.87. The number of hydrogen-bond acceptors (Lipinski definition) is 4. The van der Waals surface area contributed by atoms with Crippen molar-refractivity contribution in [3.63, 3.8) is 0 Å². The van der Waals surface area contributed by atoms with Crippen molar-refractivity contribution >= 4 is 0 Å². The number of ether oxygens (including phenoxy) is 1. The second-order valence-corrected chi connectivity index (χ2v) is 4.81. The molecule has 2 unspecified atom stereocenters. The second kappa shape index (κ2) is 6.31. The summed E-state index contributed by atoms with van der Waals surface area (Å²) in [5, 5.41) is 4.27. The van der Waals surface area contributed by atoms with Crippen molar-refractivity contribution in [1.82, 2.24) is 14.7 Å². The van der Waals surface area contributed by atoms with Gasteiger partial charge in [0, 0.05) is 25.8 Å². The maximum Gasteiger partial charge on any atom is 0.0910 e. The molecule has 2 heterocycles. The molecule has 102 valence electrons. The molecule has 0 amide bonds. The molecule has 1 saturated heterocycles. The number of aromatic nitrogens is 2. The molecule has 1 fully saturated rings. The first kappa shape index (κ1) is 13.5. The molecule has 5 nitrogen and oxygen atoms in total. The molecular formula is C13H24N4O. The van der Waals surface area contributed by atoms with Gasteiger partial charge in [-0.1, -0.05) is 6.92 Å². The molecule has 2 N–H and O–H groups in total. The molecule has 2 rings (SSSR count). The summed E-state index contributed by atoms with van der Waals surface area (Å²) in [5.74, 6) is 0. The molecule has 0 radical (unpaired) electrons. The highest BCUT2D eigenvalue weighted by molar-refractivity contribution is 5.09. The van der Waals surface area contributed by atoms with Gasteiger partial charge in [0.2, 0.25) is 0 Å². The Kier molecular flexibility index (Phi) is 4.74.